The van der Waals surface area contributed by atoms with Gasteiger partial charge in [-0.2, -0.15) is 5.26 Å². The maximum Gasteiger partial charge on any atom is 0.316 e. The number of fused-ring (bicyclic) bond motifs is 1. The fraction of sp³-hybridized carbons (Fsp3) is 0.150. The Morgan fingerprint density at radius 1 is 1.24 bits per heavy atom. The molecule has 1 aromatic heterocycles. The van der Waals surface area contributed by atoms with Gasteiger partial charge in [0.25, 0.3) is 0 Å². The number of amides is 2. The molecule has 0 atom stereocenters. The van der Waals surface area contributed by atoms with E-state index in [9.17, 15) is 14.4 Å². The van der Waals surface area contributed by atoms with Crippen LogP contribution < -0.4 is 20.5 Å². The molecule has 0 fully saturated rings. The third kappa shape index (κ3) is 4.69. The highest BCUT2D eigenvalue weighted by atomic mass is 19.1. The molecule has 29 heavy (non-hydrogen) atoms. The standard InChI is InChI=1S/C20H17FN4O4/c1-27-6-7-28-19-10-17-14(8-12(19)11-22)18(4-5-24-17)29-13-2-3-16(15(21)9-13)25-20(23)26/h2-5,8-10H,6-7H2,1H3,(H3,23,25,26). The summed E-state index contributed by atoms with van der Waals surface area (Å²) in [5.41, 5.74) is 5.78. The molecule has 3 rings (SSSR count). The van der Waals surface area contributed by atoms with Gasteiger partial charge < -0.3 is 25.3 Å². The first kappa shape index (κ1) is 19.9. The highest BCUT2D eigenvalue weighted by Gasteiger charge is 2.13. The SMILES string of the molecule is COCCOc1cc2nccc(Oc3ccc(NC(N)=O)c(F)c3)c2cc1C#N. The normalized spacial score (nSPS) is 10.4. The first-order valence-corrected chi connectivity index (χ1v) is 8.50. The fourth-order valence-corrected chi connectivity index (χ4v) is 2.60. The lowest BCUT2D eigenvalue weighted by Crippen LogP contribution is -2.19. The quantitative estimate of drug-likeness (QED) is 0.590. The predicted octanol–water partition coefficient (Wildman–Crippen LogP) is 3.55. The van der Waals surface area contributed by atoms with Gasteiger partial charge in [0.15, 0.2) is 0 Å². The van der Waals surface area contributed by atoms with E-state index in [2.05, 4.69) is 16.4 Å². The summed E-state index contributed by atoms with van der Waals surface area (Å²) in [7, 11) is 1.56. The number of primary amides is 1. The van der Waals surface area contributed by atoms with E-state index in [0.29, 0.717) is 34.6 Å². The molecule has 9 heteroatoms. The number of aromatic nitrogens is 1. The van der Waals surface area contributed by atoms with Gasteiger partial charge in [0.2, 0.25) is 0 Å². The van der Waals surface area contributed by atoms with Gasteiger partial charge >= 0.3 is 6.03 Å². The fourth-order valence-electron chi connectivity index (χ4n) is 2.60. The summed E-state index contributed by atoms with van der Waals surface area (Å²) in [4.78, 5) is 15.2. The van der Waals surface area contributed by atoms with Crippen molar-refractivity contribution in [2.24, 2.45) is 5.73 Å². The molecule has 0 radical (unpaired) electrons. The van der Waals surface area contributed by atoms with Gasteiger partial charge in [0, 0.05) is 30.8 Å². The average molecular weight is 396 g/mol. The van der Waals surface area contributed by atoms with Crippen molar-refractivity contribution >= 4 is 22.6 Å². The molecular weight excluding hydrogens is 379 g/mol. The van der Waals surface area contributed by atoms with Crippen molar-refractivity contribution in [1.82, 2.24) is 4.98 Å². The van der Waals surface area contributed by atoms with Gasteiger partial charge in [-0.3, -0.25) is 4.98 Å². The summed E-state index contributed by atoms with van der Waals surface area (Å²) in [5, 5.41) is 12.2. The molecule has 148 valence electrons. The Balaban J connectivity index is 1.93. The molecule has 0 unspecified atom stereocenters. The largest absolute Gasteiger partial charge is 0.490 e. The van der Waals surface area contributed by atoms with E-state index in [1.807, 2.05) is 0 Å². The summed E-state index contributed by atoms with van der Waals surface area (Å²) < 4.78 is 30.4. The van der Waals surface area contributed by atoms with Crippen LogP contribution in [0.5, 0.6) is 17.2 Å². The molecule has 0 aliphatic carbocycles. The van der Waals surface area contributed by atoms with E-state index >= 15 is 0 Å². The van der Waals surface area contributed by atoms with Crippen LogP contribution in [0.2, 0.25) is 0 Å². The number of hydrogen-bond acceptors (Lipinski definition) is 6. The Bertz CT molecular complexity index is 1100. The summed E-state index contributed by atoms with van der Waals surface area (Å²) in [6.45, 7) is 0.670. The van der Waals surface area contributed by atoms with Gasteiger partial charge in [-0.15, -0.1) is 0 Å². The van der Waals surface area contributed by atoms with Crippen molar-refractivity contribution < 1.29 is 23.4 Å². The number of pyridine rings is 1. The smallest absolute Gasteiger partial charge is 0.316 e. The molecule has 8 nitrogen and oxygen atoms in total. The van der Waals surface area contributed by atoms with E-state index in [4.69, 9.17) is 19.9 Å². The van der Waals surface area contributed by atoms with Crippen molar-refractivity contribution in [3.8, 4) is 23.3 Å². The Labute approximate surface area is 165 Å². The maximum atomic E-state index is 14.1. The number of carbonyl (C=O) groups is 1. The van der Waals surface area contributed by atoms with E-state index in [1.54, 1.807) is 25.3 Å². The number of carbonyl (C=O) groups excluding carboxylic acids is 1. The lowest BCUT2D eigenvalue weighted by atomic mass is 10.1. The molecule has 1 heterocycles. The number of hydrogen-bond donors (Lipinski definition) is 2. The van der Waals surface area contributed by atoms with Gasteiger partial charge in [0.05, 0.1) is 23.4 Å². The second-order valence-corrected chi connectivity index (χ2v) is 5.86. The molecule has 0 aliphatic rings. The van der Waals surface area contributed by atoms with E-state index < -0.39 is 11.8 Å². The van der Waals surface area contributed by atoms with Crippen LogP contribution in [0.15, 0.2) is 42.6 Å². The van der Waals surface area contributed by atoms with Crippen molar-refractivity contribution in [1.29, 1.82) is 5.26 Å². The number of ether oxygens (including phenoxy) is 3. The minimum absolute atomic E-state index is 0.0611. The predicted molar refractivity (Wildman–Crippen MR) is 104 cm³/mol. The summed E-state index contributed by atoms with van der Waals surface area (Å²) in [6, 6.07) is 9.97. The minimum atomic E-state index is -0.870. The Morgan fingerprint density at radius 2 is 2.07 bits per heavy atom. The number of benzene rings is 2. The second kappa shape index (κ2) is 8.86. The van der Waals surface area contributed by atoms with E-state index in [1.165, 1.54) is 18.3 Å². The van der Waals surface area contributed by atoms with Crippen LogP contribution in [-0.2, 0) is 4.74 Å². The lowest BCUT2D eigenvalue weighted by Gasteiger charge is -2.12. The van der Waals surface area contributed by atoms with Gasteiger partial charge in [-0.25, -0.2) is 9.18 Å². The zero-order valence-electron chi connectivity index (χ0n) is 15.4. The first-order chi connectivity index (χ1) is 14.0. The minimum Gasteiger partial charge on any atom is -0.490 e. The summed E-state index contributed by atoms with van der Waals surface area (Å²) in [6.07, 6.45) is 1.53. The number of halogens is 1. The molecule has 0 bridgehead atoms. The van der Waals surface area contributed by atoms with E-state index in [-0.39, 0.29) is 18.0 Å². The van der Waals surface area contributed by atoms with Crippen LogP contribution >= 0.6 is 0 Å². The summed E-state index contributed by atoms with van der Waals surface area (Å²) in [5.74, 6) is 0.259. The Morgan fingerprint density at radius 3 is 2.76 bits per heavy atom. The van der Waals surface area contributed by atoms with Crippen molar-refractivity contribution in [2.75, 3.05) is 25.6 Å². The van der Waals surface area contributed by atoms with Crippen LogP contribution in [-0.4, -0.2) is 31.3 Å². The van der Waals surface area contributed by atoms with Crippen LogP contribution in [0.25, 0.3) is 10.9 Å². The van der Waals surface area contributed by atoms with Gasteiger partial charge in [-0.1, -0.05) is 0 Å². The monoisotopic (exact) mass is 396 g/mol. The Kier molecular flexibility index (Phi) is 6.06. The molecule has 0 saturated heterocycles. The number of nitriles is 1. The third-order valence-electron chi connectivity index (χ3n) is 3.89. The number of nitrogens with zero attached hydrogens (tertiary/aromatic N) is 2. The van der Waals surface area contributed by atoms with Crippen LogP contribution in [0.1, 0.15) is 5.56 Å². The molecule has 0 aliphatic heterocycles. The zero-order chi connectivity index (χ0) is 20.8. The number of urea groups is 1. The van der Waals surface area contributed by atoms with Crippen LogP contribution in [0, 0.1) is 17.1 Å². The van der Waals surface area contributed by atoms with Crippen molar-refractivity contribution in [3.05, 3.63) is 54.0 Å². The second-order valence-electron chi connectivity index (χ2n) is 5.86. The molecule has 0 saturated carbocycles. The third-order valence-corrected chi connectivity index (χ3v) is 3.89. The highest BCUT2D eigenvalue weighted by molar-refractivity contribution is 5.89. The maximum absolute atomic E-state index is 14.1. The zero-order valence-corrected chi connectivity index (χ0v) is 15.4. The molecule has 3 N–H and O–H groups in total. The molecule has 0 spiro atoms. The topological polar surface area (TPSA) is 119 Å². The van der Waals surface area contributed by atoms with Gasteiger partial charge in [0.1, 0.15) is 35.7 Å². The van der Waals surface area contributed by atoms with Gasteiger partial charge in [-0.05, 0) is 24.3 Å². The van der Waals surface area contributed by atoms with Crippen LogP contribution in [0.4, 0.5) is 14.9 Å². The lowest BCUT2D eigenvalue weighted by molar-refractivity contribution is 0.146. The number of nitrogens with two attached hydrogens (primary N) is 1. The van der Waals surface area contributed by atoms with Crippen molar-refractivity contribution in [3.63, 3.8) is 0 Å². The molecule has 2 aromatic carbocycles. The number of nitrogens with one attached hydrogen (secondary N) is 1. The highest BCUT2D eigenvalue weighted by Crippen LogP contribution is 2.34. The van der Waals surface area contributed by atoms with Crippen molar-refractivity contribution in [2.45, 2.75) is 0 Å². The average Bonchev–Trinajstić information content (AvgIpc) is 2.69. The molecular formula is C20H17FN4O4. The first-order valence-electron chi connectivity index (χ1n) is 8.50. The Hall–Kier alpha value is -3.90. The number of methoxy groups -OCH3 is 1. The van der Waals surface area contributed by atoms with E-state index in [0.717, 1.165) is 6.07 Å². The number of rotatable bonds is 7. The molecule has 2 amide bonds. The molecule has 3 aromatic rings. The van der Waals surface area contributed by atoms with Crippen LogP contribution in [0.3, 0.4) is 0 Å². The summed E-state index contributed by atoms with van der Waals surface area (Å²) >= 11 is 0. The number of anilines is 1.